The third-order valence-corrected chi connectivity index (χ3v) is 3.13. The van der Waals surface area contributed by atoms with E-state index >= 15 is 0 Å². The van der Waals surface area contributed by atoms with E-state index in [0.29, 0.717) is 12.2 Å². The lowest BCUT2D eigenvalue weighted by Gasteiger charge is -2.08. The summed E-state index contributed by atoms with van der Waals surface area (Å²) in [5.74, 6) is -0.257. The fraction of sp³-hybridized carbons (Fsp3) is 0.417. The van der Waals surface area contributed by atoms with Crippen LogP contribution in [-0.2, 0) is 11.2 Å². The molecule has 0 bridgehead atoms. The van der Waals surface area contributed by atoms with E-state index in [1.165, 1.54) is 11.1 Å². The Balaban J connectivity index is 2.24. The Morgan fingerprint density at radius 2 is 2.44 bits per heavy atom. The zero-order chi connectivity index (χ0) is 11.5. The fourth-order valence-corrected chi connectivity index (χ4v) is 2.30. The maximum absolute atomic E-state index is 11.5. The number of rotatable bonds is 3. The quantitative estimate of drug-likeness (QED) is 0.651. The molecule has 1 N–H and O–H groups in total. The number of esters is 1. The normalized spacial score (nSPS) is 18.2. The number of benzene rings is 1. The molecule has 0 unspecified atom stereocenters. The van der Waals surface area contributed by atoms with Crippen molar-refractivity contribution in [1.29, 1.82) is 0 Å². The number of hydrogen-bond acceptors (Lipinski definition) is 3. The molecule has 0 aliphatic heterocycles. The number of carbonyl (C=O) groups excluding carboxylic acids is 1. The lowest BCUT2D eigenvalue weighted by molar-refractivity contribution is 0.0526. The van der Waals surface area contributed by atoms with Gasteiger partial charge in [-0.15, -0.1) is 0 Å². The van der Waals surface area contributed by atoms with E-state index in [2.05, 4.69) is 4.84 Å². The highest BCUT2D eigenvalue weighted by Crippen LogP contribution is 2.32. The van der Waals surface area contributed by atoms with E-state index in [9.17, 15) is 4.79 Å². The molecule has 1 aliphatic rings. The molecule has 0 amide bonds. The summed E-state index contributed by atoms with van der Waals surface area (Å²) in [5.41, 5.74) is 2.99. The average Bonchev–Trinajstić information content (AvgIpc) is 2.71. The number of halogens is 1. The Morgan fingerprint density at radius 3 is 3.12 bits per heavy atom. The summed E-state index contributed by atoms with van der Waals surface area (Å²) < 4.78 is 4.96. The van der Waals surface area contributed by atoms with Gasteiger partial charge in [0, 0.05) is 6.04 Å². The number of fused-ring (bicyclic) bond motifs is 1. The maximum Gasteiger partial charge on any atom is 0.338 e. The Hall–Kier alpha value is -1.06. The van der Waals surface area contributed by atoms with Crippen molar-refractivity contribution in [2.24, 2.45) is 0 Å². The van der Waals surface area contributed by atoms with Gasteiger partial charge >= 0.3 is 5.97 Å². The van der Waals surface area contributed by atoms with Gasteiger partial charge in [0.1, 0.15) is 0 Å². The molecule has 0 saturated heterocycles. The van der Waals surface area contributed by atoms with Crippen molar-refractivity contribution in [2.45, 2.75) is 25.8 Å². The summed E-state index contributed by atoms with van der Waals surface area (Å²) in [6.07, 6.45) is 1.93. The molecule has 0 heterocycles. The predicted octanol–water partition coefficient (Wildman–Crippen LogP) is 2.59. The van der Waals surface area contributed by atoms with Crippen LogP contribution in [0.5, 0.6) is 0 Å². The monoisotopic (exact) mass is 239 g/mol. The second-order valence-electron chi connectivity index (χ2n) is 3.83. The summed E-state index contributed by atoms with van der Waals surface area (Å²) in [6, 6.07) is 5.85. The van der Waals surface area contributed by atoms with Gasteiger partial charge in [0.2, 0.25) is 0 Å². The molecule has 1 aromatic rings. The summed E-state index contributed by atoms with van der Waals surface area (Å²) >= 11 is 5.65. The van der Waals surface area contributed by atoms with E-state index in [-0.39, 0.29) is 12.0 Å². The van der Waals surface area contributed by atoms with Crippen LogP contribution in [0.25, 0.3) is 0 Å². The Kier molecular flexibility index (Phi) is 3.46. The molecule has 3 nitrogen and oxygen atoms in total. The summed E-state index contributed by atoms with van der Waals surface area (Å²) in [5, 5.41) is 0. The third kappa shape index (κ3) is 2.06. The van der Waals surface area contributed by atoms with Gasteiger partial charge in [0.25, 0.3) is 0 Å². The zero-order valence-electron chi connectivity index (χ0n) is 9.13. The fourth-order valence-electron chi connectivity index (χ4n) is 2.07. The van der Waals surface area contributed by atoms with Crippen molar-refractivity contribution >= 4 is 17.7 Å². The third-order valence-electron chi connectivity index (χ3n) is 2.86. The van der Waals surface area contributed by atoms with Crippen LogP contribution in [0.15, 0.2) is 18.2 Å². The molecule has 86 valence electrons. The van der Waals surface area contributed by atoms with Gasteiger partial charge in [-0.1, -0.05) is 6.07 Å². The Morgan fingerprint density at radius 1 is 1.62 bits per heavy atom. The standard InChI is InChI=1S/C12H14ClNO2/c1-2-16-12(15)9-3-5-10-8(7-9)4-6-11(10)14-13/h3,5,7,11,14H,2,4,6H2,1H3/t11-/m0/s1. The highest BCUT2D eigenvalue weighted by molar-refractivity contribution is 6.13. The summed E-state index contributed by atoms with van der Waals surface area (Å²) in [4.78, 5) is 14.3. The molecular formula is C12H14ClNO2. The van der Waals surface area contributed by atoms with Crippen molar-refractivity contribution in [3.05, 3.63) is 34.9 Å². The van der Waals surface area contributed by atoms with E-state index in [4.69, 9.17) is 16.5 Å². The lowest BCUT2D eigenvalue weighted by atomic mass is 10.1. The van der Waals surface area contributed by atoms with Crippen LogP contribution >= 0.6 is 11.8 Å². The van der Waals surface area contributed by atoms with Crippen LogP contribution < -0.4 is 4.84 Å². The molecule has 16 heavy (non-hydrogen) atoms. The average molecular weight is 240 g/mol. The van der Waals surface area contributed by atoms with Crippen molar-refractivity contribution in [1.82, 2.24) is 4.84 Å². The van der Waals surface area contributed by atoms with Gasteiger partial charge < -0.3 is 4.74 Å². The molecule has 0 fully saturated rings. The van der Waals surface area contributed by atoms with E-state index in [1.807, 2.05) is 12.1 Å². The summed E-state index contributed by atoms with van der Waals surface area (Å²) in [6.45, 7) is 2.21. The van der Waals surface area contributed by atoms with Crippen LogP contribution in [0.3, 0.4) is 0 Å². The zero-order valence-corrected chi connectivity index (χ0v) is 9.88. The number of carbonyl (C=O) groups is 1. The lowest BCUT2D eigenvalue weighted by Crippen LogP contribution is -2.08. The van der Waals surface area contributed by atoms with Crippen LogP contribution in [0, 0.1) is 0 Å². The van der Waals surface area contributed by atoms with Crippen LogP contribution in [-0.4, -0.2) is 12.6 Å². The highest BCUT2D eigenvalue weighted by Gasteiger charge is 2.22. The number of hydrogen-bond donors (Lipinski definition) is 1. The van der Waals surface area contributed by atoms with Crippen LogP contribution in [0.2, 0.25) is 0 Å². The second kappa shape index (κ2) is 4.85. The first kappa shape index (κ1) is 11.4. The molecule has 1 atom stereocenters. The Labute approximate surface area is 99.9 Å². The van der Waals surface area contributed by atoms with Crippen molar-refractivity contribution in [3.8, 4) is 0 Å². The SMILES string of the molecule is CCOC(=O)c1ccc2c(c1)CC[C@@H]2NCl. The number of nitrogens with one attached hydrogen (secondary N) is 1. The van der Waals surface area contributed by atoms with E-state index in [0.717, 1.165) is 12.8 Å². The molecule has 0 saturated carbocycles. The van der Waals surface area contributed by atoms with Gasteiger partial charge in [-0.25, -0.2) is 9.63 Å². The predicted molar refractivity (Wildman–Crippen MR) is 62.4 cm³/mol. The molecular weight excluding hydrogens is 226 g/mol. The minimum Gasteiger partial charge on any atom is -0.462 e. The largest absolute Gasteiger partial charge is 0.462 e. The Bertz CT molecular complexity index is 406. The second-order valence-corrected chi connectivity index (χ2v) is 4.05. The van der Waals surface area contributed by atoms with Crippen LogP contribution in [0.4, 0.5) is 0 Å². The minimum absolute atomic E-state index is 0.202. The molecule has 0 aromatic heterocycles. The minimum atomic E-state index is -0.257. The maximum atomic E-state index is 11.5. The molecule has 1 aromatic carbocycles. The number of aryl methyl sites for hydroxylation is 1. The van der Waals surface area contributed by atoms with Crippen molar-refractivity contribution in [3.63, 3.8) is 0 Å². The van der Waals surface area contributed by atoms with Crippen molar-refractivity contribution < 1.29 is 9.53 Å². The molecule has 2 rings (SSSR count). The van der Waals surface area contributed by atoms with Crippen LogP contribution in [0.1, 0.15) is 40.9 Å². The first-order chi connectivity index (χ1) is 7.76. The molecule has 4 heteroatoms. The van der Waals surface area contributed by atoms with E-state index < -0.39 is 0 Å². The van der Waals surface area contributed by atoms with Gasteiger partial charge in [-0.2, -0.15) is 0 Å². The van der Waals surface area contributed by atoms with Crippen molar-refractivity contribution in [2.75, 3.05) is 6.61 Å². The van der Waals surface area contributed by atoms with E-state index in [1.54, 1.807) is 13.0 Å². The smallest absolute Gasteiger partial charge is 0.338 e. The molecule has 0 spiro atoms. The topological polar surface area (TPSA) is 38.3 Å². The molecule has 1 aliphatic carbocycles. The molecule has 0 radical (unpaired) electrons. The number of ether oxygens (including phenoxy) is 1. The summed E-state index contributed by atoms with van der Waals surface area (Å²) in [7, 11) is 0. The van der Waals surface area contributed by atoms with Gasteiger partial charge in [0.15, 0.2) is 0 Å². The van der Waals surface area contributed by atoms with Gasteiger partial charge in [-0.3, -0.25) is 0 Å². The first-order valence-electron chi connectivity index (χ1n) is 5.42. The van der Waals surface area contributed by atoms with Gasteiger partial charge in [-0.05, 0) is 54.8 Å². The first-order valence-corrected chi connectivity index (χ1v) is 5.80. The highest BCUT2D eigenvalue weighted by atomic mass is 35.5. The van der Waals surface area contributed by atoms with Gasteiger partial charge in [0.05, 0.1) is 12.2 Å².